The van der Waals surface area contributed by atoms with Crippen LogP contribution in [0.15, 0.2) is 22.5 Å². The van der Waals surface area contributed by atoms with Gasteiger partial charge in [-0.05, 0) is 13.0 Å². The molecule has 0 fully saturated rings. The van der Waals surface area contributed by atoms with Crippen molar-refractivity contribution < 1.29 is 8.42 Å². The number of halogens is 1. The summed E-state index contributed by atoms with van der Waals surface area (Å²) in [5.74, 6) is 0. The molecule has 0 aromatic carbocycles. The van der Waals surface area contributed by atoms with Gasteiger partial charge in [-0.15, -0.1) is 0 Å². The standard InChI is InChI=1S/C4H5ClN2O2S/c1-4(10(5,8)9)2-3-6-7-4/h2-3H,1H3. The van der Waals surface area contributed by atoms with Crippen molar-refractivity contribution in [2.24, 2.45) is 10.2 Å². The molecule has 0 N–H and O–H groups in total. The van der Waals surface area contributed by atoms with Crippen LogP contribution in [0.4, 0.5) is 0 Å². The van der Waals surface area contributed by atoms with Crippen LogP contribution in [0.1, 0.15) is 6.92 Å². The average molecular weight is 181 g/mol. The third-order valence-electron chi connectivity index (χ3n) is 1.20. The maximum Gasteiger partial charge on any atom is 0.263 e. The number of nitrogens with zero attached hydrogens (tertiary/aromatic N) is 2. The minimum Gasteiger partial charge on any atom is -0.209 e. The van der Waals surface area contributed by atoms with Gasteiger partial charge in [-0.2, -0.15) is 10.2 Å². The first-order valence-electron chi connectivity index (χ1n) is 2.50. The van der Waals surface area contributed by atoms with Gasteiger partial charge in [-0.25, -0.2) is 8.42 Å². The summed E-state index contributed by atoms with van der Waals surface area (Å²) < 4.78 is 21.4. The SMILES string of the molecule is CC1(S(=O)(=O)Cl)C=CN=N1. The summed E-state index contributed by atoms with van der Waals surface area (Å²) in [4.78, 5) is -1.35. The Hall–Kier alpha value is -0.420. The van der Waals surface area contributed by atoms with Crippen LogP contribution in [0.3, 0.4) is 0 Å². The van der Waals surface area contributed by atoms with Crippen molar-refractivity contribution in [3.63, 3.8) is 0 Å². The zero-order valence-corrected chi connectivity index (χ0v) is 6.72. The second-order valence-electron chi connectivity index (χ2n) is 2.02. The van der Waals surface area contributed by atoms with Crippen molar-refractivity contribution in [3.05, 3.63) is 12.3 Å². The highest BCUT2D eigenvalue weighted by molar-refractivity contribution is 8.14. The summed E-state index contributed by atoms with van der Waals surface area (Å²) >= 11 is 0. The first-order chi connectivity index (χ1) is 4.46. The van der Waals surface area contributed by atoms with Crippen molar-refractivity contribution in [1.82, 2.24) is 0 Å². The van der Waals surface area contributed by atoms with E-state index in [1.54, 1.807) is 0 Å². The minimum atomic E-state index is -3.68. The molecule has 1 atom stereocenters. The van der Waals surface area contributed by atoms with Crippen LogP contribution in [0.5, 0.6) is 0 Å². The summed E-state index contributed by atoms with van der Waals surface area (Å²) in [6, 6.07) is 0. The molecule has 0 saturated heterocycles. The van der Waals surface area contributed by atoms with Gasteiger partial charge in [0, 0.05) is 16.9 Å². The lowest BCUT2D eigenvalue weighted by atomic mass is 10.4. The van der Waals surface area contributed by atoms with E-state index in [0.29, 0.717) is 0 Å². The third kappa shape index (κ3) is 1.06. The molecule has 0 aromatic heterocycles. The van der Waals surface area contributed by atoms with Crippen LogP contribution in [-0.2, 0) is 9.05 Å². The number of azo groups is 1. The maximum absolute atomic E-state index is 10.7. The Balaban J connectivity index is 3.14. The van der Waals surface area contributed by atoms with Gasteiger partial charge in [0.1, 0.15) is 0 Å². The second kappa shape index (κ2) is 2.03. The Bertz CT molecular complexity index is 280. The van der Waals surface area contributed by atoms with Gasteiger partial charge < -0.3 is 0 Å². The molecule has 4 nitrogen and oxygen atoms in total. The Labute approximate surface area is 63.0 Å². The molecule has 0 aromatic rings. The van der Waals surface area contributed by atoms with Crippen molar-refractivity contribution in [1.29, 1.82) is 0 Å². The topological polar surface area (TPSA) is 58.9 Å². The van der Waals surface area contributed by atoms with E-state index in [1.165, 1.54) is 19.2 Å². The molecular formula is C4H5ClN2O2S. The fourth-order valence-electron chi connectivity index (χ4n) is 0.483. The highest BCUT2D eigenvalue weighted by atomic mass is 35.7. The van der Waals surface area contributed by atoms with Crippen molar-refractivity contribution in [2.45, 2.75) is 11.8 Å². The molecule has 0 aliphatic carbocycles. The van der Waals surface area contributed by atoms with E-state index in [-0.39, 0.29) is 0 Å². The largest absolute Gasteiger partial charge is 0.263 e. The first-order valence-corrected chi connectivity index (χ1v) is 4.80. The van der Waals surface area contributed by atoms with Crippen molar-refractivity contribution >= 4 is 19.7 Å². The molecule has 0 saturated carbocycles. The van der Waals surface area contributed by atoms with E-state index in [4.69, 9.17) is 10.7 Å². The molecule has 10 heavy (non-hydrogen) atoms. The molecule has 0 spiro atoms. The molecule has 6 heteroatoms. The second-order valence-corrected chi connectivity index (χ2v) is 4.94. The molecule has 1 aliphatic heterocycles. The number of rotatable bonds is 1. The third-order valence-corrected chi connectivity index (χ3v) is 3.34. The first kappa shape index (κ1) is 7.68. The lowest BCUT2D eigenvalue weighted by Gasteiger charge is -2.09. The van der Waals surface area contributed by atoms with Crippen LogP contribution >= 0.6 is 10.7 Å². The Morgan fingerprint density at radius 2 is 2.20 bits per heavy atom. The fourth-order valence-corrected chi connectivity index (χ4v) is 1.10. The molecule has 0 amide bonds. The normalized spacial score (nSPS) is 31.4. The molecule has 0 bridgehead atoms. The van der Waals surface area contributed by atoms with Crippen LogP contribution in [0, 0.1) is 0 Å². The summed E-state index contributed by atoms with van der Waals surface area (Å²) in [5.41, 5.74) is 0. The highest BCUT2D eigenvalue weighted by Gasteiger charge is 2.37. The maximum atomic E-state index is 10.7. The molecular weight excluding hydrogens is 176 g/mol. The van der Waals surface area contributed by atoms with Gasteiger partial charge in [-0.3, -0.25) is 0 Å². The van der Waals surface area contributed by atoms with Gasteiger partial charge in [0.15, 0.2) is 0 Å². The van der Waals surface area contributed by atoms with Gasteiger partial charge in [-0.1, -0.05) is 0 Å². The fraction of sp³-hybridized carbons (Fsp3) is 0.500. The van der Waals surface area contributed by atoms with E-state index in [9.17, 15) is 8.42 Å². The van der Waals surface area contributed by atoms with Crippen LogP contribution in [0.2, 0.25) is 0 Å². The van der Waals surface area contributed by atoms with E-state index >= 15 is 0 Å². The average Bonchev–Trinajstić information content (AvgIpc) is 2.13. The van der Waals surface area contributed by atoms with Crippen molar-refractivity contribution in [3.8, 4) is 0 Å². The lowest BCUT2D eigenvalue weighted by molar-refractivity contribution is 0.581. The van der Waals surface area contributed by atoms with Crippen LogP contribution < -0.4 is 0 Å². The zero-order valence-electron chi connectivity index (χ0n) is 5.15. The minimum absolute atomic E-state index is 1.31. The van der Waals surface area contributed by atoms with Gasteiger partial charge >= 0.3 is 0 Å². The highest BCUT2D eigenvalue weighted by Crippen LogP contribution is 2.28. The number of hydrogen-bond donors (Lipinski definition) is 0. The van der Waals surface area contributed by atoms with Crippen molar-refractivity contribution in [2.75, 3.05) is 0 Å². The molecule has 0 radical (unpaired) electrons. The summed E-state index contributed by atoms with van der Waals surface area (Å²) in [5, 5.41) is 6.82. The van der Waals surface area contributed by atoms with E-state index < -0.39 is 13.9 Å². The quantitative estimate of drug-likeness (QED) is 0.571. The lowest BCUT2D eigenvalue weighted by Crippen LogP contribution is -2.24. The smallest absolute Gasteiger partial charge is 0.209 e. The van der Waals surface area contributed by atoms with Gasteiger partial charge in [0.2, 0.25) is 4.87 Å². The molecule has 1 aliphatic rings. The van der Waals surface area contributed by atoms with Crippen LogP contribution in [-0.4, -0.2) is 13.3 Å². The molecule has 1 unspecified atom stereocenters. The Kier molecular flexibility index (Phi) is 1.56. The van der Waals surface area contributed by atoms with E-state index in [2.05, 4.69) is 10.2 Å². The van der Waals surface area contributed by atoms with E-state index in [1.807, 2.05) is 0 Å². The summed E-state index contributed by atoms with van der Waals surface area (Å²) in [7, 11) is 1.37. The monoisotopic (exact) mass is 180 g/mol. The van der Waals surface area contributed by atoms with Crippen LogP contribution in [0.25, 0.3) is 0 Å². The predicted molar refractivity (Wildman–Crippen MR) is 37.2 cm³/mol. The molecule has 1 heterocycles. The summed E-state index contributed by atoms with van der Waals surface area (Å²) in [6.45, 7) is 1.38. The Morgan fingerprint density at radius 3 is 2.40 bits per heavy atom. The molecule has 56 valence electrons. The number of hydrogen-bond acceptors (Lipinski definition) is 4. The predicted octanol–water partition coefficient (Wildman–Crippen LogP) is 1.25. The zero-order chi connectivity index (χ0) is 7.83. The van der Waals surface area contributed by atoms with E-state index in [0.717, 1.165) is 0 Å². The van der Waals surface area contributed by atoms with Gasteiger partial charge in [0.05, 0.1) is 0 Å². The molecule has 1 rings (SSSR count). The Morgan fingerprint density at radius 1 is 1.60 bits per heavy atom. The van der Waals surface area contributed by atoms with Gasteiger partial charge in [0.25, 0.3) is 9.05 Å². The summed E-state index contributed by atoms with van der Waals surface area (Å²) in [6.07, 6.45) is 2.63.